The average Bonchev–Trinajstić information content (AvgIpc) is 2.34. The number of aromatic nitrogens is 1. The van der Waals surface area contributed by atoms with Crippen molar-refractivity contribution in [1.82, 2.24) is 4.98 Å². The Balaban J connectivity index is 3.06. The number of pyridine rings is 1. The van der Waals surface area contributed by atoms with Crippen molar-refractivity contribution in [3.05, 3.63) is 28.5 Å². The fraction of sp³-hybridized carbons (Fsp3) is 0.400. The number of methoxy groups -OCH3 is 1. The molecule has 2 N–H and O–H groups in total. The van der Waals surface area contributed by atoms with Gasteiger partial charge in [0.15, 0.2) is 6.10 Å². The molecule has 1 heterocycles. The molecule has 5 nitrogen and oxygen atoms in total. The summed E-state index contributed by atoms with van der Waals surface area (Å²) in [5.74, 6) is -1.16. The SMILES string of the molecule is COC(=O)C(O)C(O)c1ncc(C(F)(F)F)cc1Cl. The van der Waals surface area contributed by atoms with Gasteiger partial charge >= 0.3 is 12.1 Å². The Morgan fingerprint density at radius 2 is 2.05 bits per heavy atom. The molecule has 1 aromatic rings. The molecule has 0 bridgehead atoms. The third kappa shape index (κ3) is 3.55. The number of aliphatic hydroxyl groups excluding tert-OH is 2. The Morgan fingerprint density at radius 1 is 1.47 bits per heavy atom. The van der Waals surface area contributed by atoms with Gasteiger partial charge in [0, 0.05) is 6.20 Å². The first-order valence-electron chi connectivity index (χ1n) is 4.85. The number of ether oxygens (including phenoxy) is 1. The van der Waals surface area contributed by atoms with Gasteiger partial charge in [-0.05, 0) is 6.07 Å². The molecule has 19 heavy (non-hydrogen) atoms. The number of hydrogen-bond donors (Lipinski definition) is 2. The third-order valence-corrected chi connectivity index (χ3v) is 2.52. The number of halogens is 4. The quantitative estimate of drug-likeness (QED) is 0.823. The van der Waals surface area contributed by atoms with Crippen LogP contribution in [0.1, 0.15) is 17.4 Å². The van der Waals surface area contributed by atoms with Crippen molar-refractivity contribution < 1.29 is 32.9 Å². The largest absolute Gasteiger partial charge is 0.467 e. The van der Waals surface area contributed by atoms with Crippen LogP contribution in [-0.2, 0) is 15.7 Å². The maximum absolute atomic E-state index is 12.4. The zero-order valence-electron chi connectivity index (χ0n) is 9.48. The molecule has 2 unspecified atom stereocenters. The number of nitrogens with zero attached hydrogens (tertiary/aromatic N) is 1. The summed E-state index contributed by atoms with van der Waals surface area (Å²) in [5.41, 5.74) is -1.56. The van der Waals surface area contributed by atoms with E-state index < -0.39 is 40.6 Å². The van der Waals surface area contributed by atoms with E-state index in [4.69, 9.17) is 11.6 Å². The molecule has 0 spiro atoms. The van der Waals surface area contributed by atoms with Crippen molar-refractivity contribution in [3.8, 4) is 0 Å². The van der Waals surface area contributed by atoms with Crippen molar-refractivity contribution in [3.63, 3.8) is 0 Å². The number of carbonyl (C=O) groups is 1. The lowest BCUT2D eigenvalue weighted by atomic mass is 10.1. The Hall–Kier alpha value is -1.38. The number of hydrogen-bond acceptors (Lipinski definition) is 5. The lowest BCUT2D eigenvalue weighted by molar-refractivity contribution is -0.157. The minimum atomic E-state index is -4.64. The van der Waals surface area contributed by atoms with Gasteiger partial charge in [-0.2, -0.15) is 13.2 Å². The fourth-order valence-corrected chi connectivity index (χ4v) is 1.50. The van der Waals surface area contributed by atoms with E-state index in [2.05, 4.69) is 9.72 Å². The molecule has 0 aliphatic heterocycles. The van der Waals surface area contributed by atoms with Crippen molar-refractivity contribution in [2.75, 3.05) is 7.11 Å². The highest BCUT2D eigenvalue weighted by molar-refractivity contribution is 6.31. The minimum Gasteiger partial charge on any atom is -0.467 e. The molecule has 0 aliphatic carbocycles. The van der Waals surface area contributed by atoms with Crippen LogP contribution in [0.3, 0.4) is 0 Å². The van der Waals surface area contributed by atoms with E-state index in [0.717, 1.165) is 7.11 Å². The third-order valence-electron chi connectivity index (χ3n) is 2.22. The summed E-state index contributed by atoms with van der Waals surface area (Å²) in [6.07, 6.45) is -8.08. The van der Waals surface area contributed by atoms with Gasteiger partial charge in [0.25, 0.3) is 0 Å². The first-order valence-corrected chi connectivity index (χ1v) is 5.23. The molecule has 106 valence electrons. The molecule has 1 rings (SSSR count). The molecule has 0 saturated heterocycles. The zero-order chi connectivity index (χ0) is 14.8. The van der Waals surface area contributed by atoms with E-state index >= 15 is 0 Å². The van der Waals surface area contributed by atoms with E-state index in [1.165, 1.54) is 0 Å². The van der Waals surface area contributed by atoms with E-state index in [1.807, 2.05) is 0 Å². The second-order valence-corrected chi connectivity index (χ2v) is 3.91. The summed E-state index contributed by atoms with van der Waals surface area (Å²) >= 11 is 5.54. The number of carbonyl (C=O) groups excluding carboxylic acids is 1. The van der Waals surface area contributed by atoms with Gasteiger partial charge in [0.1, 0.15) is 6.10 Å². The normalized spacial score (nSPS) is 14.9. The van der Waals surface area contributed by atoms with Crippen LogP contribution in [0.25, 0.3) is 0 Å². The van der Waals surface area contributed by atoms with Crippen LogP contribution in [0, 0.1) is 0 Å². The van der Waals surface area contributed by atoms with Gasteiger partial charge < -0.3 is 14.9 Å². The lowest BCUT2D eigenvalue weighted by Gasteiger charge is -2.17. The average molecular weight is 300 g/mol. The maximum Gasteiger partial charge on any atom is 0.417 e. The van der Waals surface area contributed by atoms with Crippen LogP contribution in [0.4, 0.5) is 13.2 Å². The van der Waals surface area contributed by atoms with Crippen molar-refractivity contribution in [2.24, 2.45) is 0 Å². The van der Waals surface area contributed by atoms with Gasteiger partial charge in [-0.25, -0.2) is 4.79 Å². The summed E-state index contributed by atoms with van der Waals surface area (Å²) in [5, 5.41) is 18.4. The number of esters is 1. The Kier molecular flexibility index (Phi) is 4.72. The van der Waals surface area contributed by atoms with Gasteiger partial charge in [-0.3, -0.25) is 4.98 Å². The maximum atomic E-state index is 12.4. The van der Waals surface area contributed by atoms with Crippen LogP contribution in [0.5, 0.6) is 0 Å². The van der Waals surface area contributed by atoms with E-state index in [-0.39, 0.29) is 0 Å². The van der Waals surface area contributed by atoms with Crippen LogP contribution < -0.4 is 0 Å². The highest BCUT2D eigenvalue weighted by Crippen LogP contribution is 2.33. The van der Waals surface area contributed by atoms with Crippen LogP contribution in [0.2, 0.25) is 5.02 Å². The topological polar surface area (TPSA) is 79.7 Å². The highest BCUT2D eigenvalue weighted by atomic mass is 35.5. The summed E-state index contributed by atoms with van der Waals surface area (Å²) in [7, 11) is 0.972. The molecule has 0 aromatic carbocycles. The molecular formula is C10H9ClF3NO4. The molecule has 0 aliphatic rings. The van der Waals surface area contributed by atoms with E-state index in [0.29, 0.717) is 12.3 Å². The molecule has 1 aromatic heterocycles. The number of alkyl halides is 3. The van der Waals surface area contributed by atoms with Crippen molar-refractivity contribution in [1.29, 1.82) is 0 Å². The smallest absolute Gasteiger partial charge is 0.417 e. The molecule has 0 fully saturated rings. The van der Waals surface area contributed by atoms with Gasteiger partial charge in [0.05, 0.1) is 23.4 Å². The molecule has 0 radical (unpaired) electrons. The molecule has 2 atom stereocenters. The summed E-state index contributed by atoms with van der Waals surface area (Å²) < 4.78 is 41.2. The summed E-state index contributed by atoms with van der Waals surface area (Å²) in [4.78, 5) is 14.3. The Bertz CT molecular complexity index is 480. The number of aliphatic hydroxyl groups is 2. The predicted octanol–water partition coefficient (Wildman–Crippen LogP) is 1.32. The zero-order valence-corrected chi connectivity index (χ0v) is 10.2. The Morgan fingerprint density at radius 3 is 2.47 bits per heavy atom. The van der Waals surface area contributed by atoms with E-state index in [1.54, 1.807) is 0 Å². The first kappa shape index (κ1) is 15.7. The van der Waals surface area contributed by atoms with Crippen molar-refractivity contribution in [2.45, 2.75) is 18.4 Å². The predicted molar refractivity (Wildman–Crippen MR) is 57.2 cm³/mol. The minimum absolute atomic E-state index is 0.439. The van der Waals surface area contributed by atoms with Crippen molar-refractivity contribution >= 4 is 17.6 Å². The summed E-state index contributed by atoms with van der Waals surface area (Å²) in [6, 6.07) is 0.539. The number of rotatable bonds is 3. The van der Waals surface area contributed by atoms with Crippen LogP contribution in [0.15, 0.2) is 12.3 Å². The molecular weight excluding hydrogens is 291 g/mol. The molecule has 0 saturated carbocycles. The van der Waals surface area contributed by atoms with Gasteiger partial charge in [-0.1, -0.05) is 11.6 Å². The highest BCUT2D eigenvalue weighted by Gasteiger charge is 2.34. The fourth-order valence-electron chi connectivity index (χ4n) is 1.22. The van der Waals surface area contributed by atoms with Gasteiger partial charge in [0.2, 0.25) is 0 Å². The lowest BCUT2D eigenvalue weighted by Crippen LogP contribution is -2.29. The second kappa shape index (κ2) is 5.72. The van der Waals surface area contributed by atoms with E-state index in [9.17, 15) is 28.2 Å². The monoisotopic (exact) mass is 299 g/mol. The second-order valence-electron chi connectivity index (χ2n) is 3.50. The molecule has 0 amide bonds. The Labute approximate surface area is 110 Å². The summed E-state index contributed by atoms with van der Waals surface area (Å²) in [6.45, 7) is 0. The first-order chi connectivity index (χ1) is 8.68. The van der Waals surface area contributed by atoms with Gasteiger partial charge in [-0.15, -0.1) is 0 Å². The standard InChI is InChI=1S/C10H9ClF3NO4/c1-19-9(18)8(17)7(16)6-5(11)2-4(3-15-6)10(12,13)14/h2-3,7-8,16-17H,1H3. The van der Waals surface area contributed by atoms with Crippen LogP contribution in [-0.4, -0.2) is 34.4 Å². The molecule has 9 heteroatoms. The van der Waals surface area contributed by atoms with Crippen LogP contribution >= 0.6 is 11.6 Å².